The molecule has 0 amide bonds. The van der Waals surface area contributed by atoms with Gasteiger partial charge in [-0.2, -0.15) is 0 Å². The predicted octanol–water partition coefficient (Wildman–Crippen LogP) is 2.85. The Kier molecular flexibility index (Phi) is 5.69. The summed E-state index contributed by atoms with van der Waals surface area (Å²) in [6.07, 6.45) is 1.62. The molecule has 1 fully saturated rings. The van der Waals surface area contributed by atoms with Gasteiger partial charge >= 0.3 is 0 Å². The number of halogens is 1. The molecule has 2 rings (SSSR count). The van der Waals surface area contributed by atoms with Gasteiger partial charge < -0.3 is 5.32 Å². The standard InChI is InChI=1S/C16H24ClNO2S/c1-3-18-10-15(14-6-7-21(19,20)11-14)9-13-5-4-12(2)8-16(13)17/h4-5,8,14-15,18H,3,6-7,9-11H2,1-2H3. The van der Waals surface area contributed by atoms with Gasteiger partial charge in [-0.25, -0.2) is 8.42 Å². The van der Waals surface area contributed by atoms with E-state index in [1.807, 2.05) is 13.0 Å². The van der Waals surface area contributed by atoms with Gasteiger partial charge in [-0.3, -0.25) is 0 Å². The Morgan fingerprint density at radius 3 is 2.76 bits per heavy atom. The van der Waals surface area contributed by atoms with Crippen LogP contribution in [0.15, 0.2) is 18.2 Å². The lowest BCUT2D eigenvalue weighted by Gasteiger charge is -2.23. The monoisotopic (exact) mass is 329 g/mol. The highest BCUT2D eigenvalue weighted by Crippen LogP contribution is 2.30. The van der Waals surface area contributed by atoms with Crippen molar-refractivity contribution >= 4 is 21.4 Å². The van der Waals surface area contributed by atoms with Crippen LogP contribution in [0.25, 0.3) is 0 Å². The minimum atomic E-state index is -2.84. The van der Waals surface area contributed by atoms with Gasteiger partial charge in [0, 0.05) is 5.02 Å². The van der Waals surface area contributed by atoms with E-state index in [0.29, 0.717) is 17.4 Å². The van der Waals surface area contributed by atoms with E-state index in [-0.39, 0.29) is 5.92 Å². The van der Waals surface area contributed by atoms with Crippen LogP contribution in [0.5, 0.6) is 0 Å². The van der Waals surface area contributed by atoms with Gasteiger partial charge in [0.15, 0.2) is 9.84 Å². The Bertz CT molecular complexity index is 586. The highest BCUT2D eigenvalue weighted by Gasteiger charge is 2.33. The van der Waals surface area contributed by atoms with Gasteiger partial charge in [0.1, 0.15) is 0 Å². The van der Waals surface area contributed by atoms with Crippen LogP contribution in [0.2, 0.25) is 5.02 Å². The maximum absolute atomic E-state index is 11.7. The van der Waals surface area contributed by atoms with Crippen LogP contribution in [0.4, 0.5) is 0 Å². The third-order valence-corrected chi connectivity index (χ3v) is 6.43. The molecule has 1 aromatic carbocycles. The Labute approximate surface area is 133 Å². The Hall–Kier alpha value is -0.580. The van der Waals surface area contributed by atoms with Crippen molar-refractivity contribution in [1.82, 2.24) is 5.32 Å². The molecule has 1 heterocycles. The number of hydrogen-bond donors (Lipinski definition) is 1. The summed E-state index contributed by atoms with van der Waals surface area (Å²) in [7, 11) is -2.84. The fraction of sp³-hybridized carbons (Fsp3) is 0.625. The molecule has 1 N–H and O–H groups in total. The van der Waals surface area contributed by atoms with Gasteiger partial charge in [-0.05, 0) is 61.9 Å². The summed E-state index contributed by atoms with van der Waals surface area (Å²) in [6, 6.07) is 6.11. The lowest BCUT2D eigenvalue weighted by molar-refractivity contribution is 0.346. The van der Waals surface area contributed by atoms with E-state index in [2.05, 4.69) is 24.4 Å². The molecule has 0 aromatic heterocycles. The van der Waals surface area contributed by atoms with E-state index in [4.69, 9.17) is 11.6 Å². The summed E-state index contributed by atoms with van der Waals surface area (Å²) in [5.41, 5.74) is 2.27. The van der Waals surface area contributed by atoms with Crippen LogP contribution in [0.3, 0.4) is 0 Å². The molecule has 1 saturated heterocycles. The van der Waals surface area contributed by atoms with Crippen molar-refractivity contribution in [3.05, 3.63) is 34.3 Å². The Balaban J connectivity index is 2.12. The zero-order chi connectivity index (χ0) is 15.5. The molecule has 2 unspecified atom stereocenters. The molecule has 2 atom stereocenters. The Morgan fingerprint density at radius 2 is 2.19 bits per heavy atom. The number of benzene rings is 1. The average Bonchev–Trinajstić information content (AvgIpc) is 2.77. The van der Waals surface area contributed by atoms with Crippen molar-refractivity contribution in [1.29, 1.82) is 0 Å². The van der Waals surface area contributed by atoms with Crippen LogP contribution in [-0.2, 0) is 16.3 Å². The second-order valence-electron chi connectivity index (χ2n) is 6.03. The molecule has 1 aromatic rings. The zero-order valence-electron chi connectivity index (χ0n) is 12.7. The van der Waals surface area contributed by atoms with Crippen molar-refractivity contribution in [2.75, 3.05) is 24.6 Å². The summed E-state index contributed by atoms with van der Waals surface area (Å²) in [5, 5.41) is 4.15. The molecule has 3 nitrogen and oxygen atoms in total. The molecule has 0 bridgehead atoms. The molecule has 0 saturated carbocycles. The third kappa shape index (κ3) is 4.70. The molecular formula is C16H24ClNO2S. The van der Waals surface area contributed by atoms with E-state index >= 15 is 0 Å². The summed E-state index contributed by atoms with van der Waals surface area (Å²) >= 11 is 6.33. The average molecular weight is 330 g/mol. The lowest BCUT2D eigenvalue weighted by Crippen LogP contribution is -2.30. The lowest BCUT2D eigenvalue weighted by atomic mass is 9.86. The van der Waals surface area contributed by atoms with Crippen molar-refractivity contribution in [3.63, 3.8) is 0 Å². The van der Waals surface area contributed by atoms with Crippen LogP contribution in [-0.4, -0.2) is 33.0 Å². The summed E-state index contributed by atoms with van der Waals surface area (Å²) in [6.45, 7) is 5.84. The second kappa shape index (κ2) is 7.12. The SMILES string of the molecule is CCNCC(Cc1ccc(C)cc1Cl)C1CCS(=O)(=O)C1. The number of hydrogen-bond acceptors (Lipinski definition) is 3. The molecule has 5 heteroatoms. The van der Waals surface area contributed by atoms with Crippen molar-refractivity contribution in [3.8, 4) is 0 Å². The number of aryl methyl sites for hydroxylation is 1. The van der Waals surface area contributed by atoms with Gasteiger partial charge in [0.05, 0.1) is 11.5 Å². The number of rotatable bonds is 6. The van der Waals surface area contributed by atoms with Crippen molar-refractivity contribution in [2.24, 2.45) is 11.8 Å². The first kappa shape index (κ1) is 16.8. The quantitative estimate of drug-likeness (QED) is 0.873. The smallest absolute Gasteiger partial charge is 0.150 e. The van der Waals surface area contributed by atoms with Crippen molar-refractivity contribution < 1.29 is 8.42 Å². The normalized spacial score (nSPS) is 22.3. The maximum atomic E-state index is 11.7. The van der Waals surface area contributed by atoms with E-state index in [0.717, 1.165) is 42.1 Å². The molecule has 1 aliphatic heterocycles. The Morgan fingerprint density at radius 1 is 1.43 bits per heavy atom. The highest BCUT2D eigenvalue weighted by atomic mass is 35.5. The summed E-state index contributed by atoms with van der Waals surface area (Å²) in [4.78, 5) is 0. The molecule has 118 valence electrons. The minimum absolute atomic E-state index is 0.242. The fourth-order valence-electron chi connectivity index (χ4n) is 3.03. The molecule has 1 aliphatic rings. The van der Waals surface area contributed by atoms with Crippen LogP contribution >= 0.6 is 11.6 Å². The van der Waals surface area contributed by atoms with Gasteiger partial charge in [-0.1, -0.05) is 30.7 Å². The highest BCUT2D eigenvalue weighted by molar-refractivity contribution is 7.91. The topological polar surface area (TPSA) is 46.2 Å². The molecule has 0 aliphatic carbocycles. The first-order valence-corrected chi connectivity index (χ1v) is 9.77. The molecular weight excluding hydrogens is 306 g/mol. The molecule has 21 heavy (non-hydrogen) atoms. The van der Waals surface area contributed by atoms with E-state index in [1.165, 1.54) is 0 Å². The third-order valence-electron chi connectivity index (χ3n) is 4.28. The predicted molar refractivity (Wildman–Crippen MR) is 88.7 cm³/mol. The first-order chi connectivity index (χ1) is 9.91. The first-order valence-electron chi connectivity index (χ1n) is 7.57. The molecule has 0 spiro atoms. The van der Waals surface area contributed by atoms with E-state index in [9.17, 15) is 8.42 Å². The van der Waals surface area contributed by atoms with Crippen LogP contribution < -0.4 is 5.32 Å². The van der Waals surface area contributed by atoms with E-state index in [1.54, 1.807) is 0 Å². The minimum Gasteiger partial charge on any atom is -0.317 e. The summed E-state index contributed by atoms with van der Waals surface area (Å²) < 4.78 is 23.5. The number of sulfone groups is 1. The number of nitrogens with one attached hydrogen (secondary N) is 1. The second-order valence-corrected chi connectivity index (χ2v) is 8.67. The van der Waals surface area contributed by atoms with Gasteiger partial charge in [0.25, 0.3) is 0 Å². The van der Waals surface area contributed by atoms with Crippen molar-refractivity contribution in [2.45, 2.75) is 26.7 Å². The van der Waals surface area contributed by atoms with Crippen LogP contribution in [0, 0.1) is 18.8 Å². The van der Waals surface area contributed by atoms with Gasteiger partial charge in [0.2, 0.25) is 0 Å². The van der Waals surface area contributed by atoms with Gasteiger partial charge in [-0.15, -0.1) is 0 Å². The largest absolute Gasteiger partial charge is 0.317 e. The summed E-state index contributed by atoms with van der Waals surface area (Å²) in [5.74, 6) is 1.22. The zero-order valence-corrected chi connectivity index (χ0v) is 14.3. The maximum Gasteiger partial charge on any atom is 0.150 e. The van der Waals surface area contributed by atoms with Crippen LogP contribution in [0.1, 0.15) is 24.5 Å². The van der Waals surface area contributed by atoms with E-state index < -0.39 is 9.84 Å². The molecule has 0 radical (unpaired) electrons. The fourth-order valence-corrected chi connectivity index (χ4v) is 5.26.